The molecular weight excluding hydrogens is 416 g/mol. The molecule has 1 unspecified atom stereocenters. The quantitative estimate of drug-likeness (QED) is 0.568. The van der Waals surface area contributed by atoms with Gasteiger partial charge in [-0.25, -0.2) is 9.37 Å². The predicted molar refractivity (Wildman–Crippen MR) is 112 cm³/mol. The third-order valence-corrected chi connectivity index (χ3v) is 5.49. The summed E-state index contributed by atoms with van der Waals surface area (Å²) < 4.78 is 37.1. The van der Waals surface area contributed by atoms with Crippen LogP contribution in [0.3, 0.4) is 0 Å². The molecule has 152 valence electrons. The Bertz CT molecular complexity index is 1130. The molecule has 0 amide bonds. The Kier molecular flexibility index (Phi) is 4.94. The first-order valence-electron chi connectivity index (χ1n) is 10.00. The molecule has 0 bridgehead atoms. The van der Waals surface area contributed by atoms with E-state index in [1.807, 2.05) is 6.20 Å². The van der Waals surface area contributed by atoms with E-state index in [2.05, 4.69) is 15.4 Å². The van der Waals surface area contributed by atoms with Crippen LogP contribution < -0.4 is 15.8 Å². The molecule has 6 nitrogen and oxygen atoms in total. The Morgan fingerprint density at radius 1 is 1.38 bits per heavy atom. The van der Waals surface area contributed by atoms with E-state index < -0.39 is 18.4 Å². The molecule has 1 aromatic carbocycles. The molecule has 1 saturated heterocycles. The molecule has 0 aliphatic carbocycles. The van der Waals surface area contributed by atoms with Crippen molar-refractivity contribution in [3.05, 3.63) is 58.2 Å². The lowest BCUT2D eigenvalue weighted by molar-refractivity contribution is 0.227. The largest absolute Gasteiger partial charge is 0.482 e. The van der Waals surface area contributed by atoms with Crippen LogP contribution in [0, 0.1) is 5.82 Å². The number of rotatable bonds is 5. The van der Waals surface area contributed by atoms with Gasteiger partial charge in [0.2, 0.25) is 0 Å². The maximum absolute atomic E-state index is 13.9. The zero-order valence-corrected chi connectivity index (χ0v) is 17.0. The third kappa shape index (κ3) is 4.03. The number of hydrogen-bond acceptors (Lipinski definition) is 5. The maximum Gasteiger partial charge on any atom is 0.166 e. The van der Waals surface area contributed by atoms with Crippen LogP contribution >= 0.6 is 23.2 Å². The van der Waals surface area contributed by atoms with Crippen LogP contribution in [0.25, 0.3) is 11.1 Å². The molecule has 1 aliphatic rings. The van der Waals surface area contributed by atoms with Gasteiger partial charge in [-0.3, -0.25) is 4.68 Å². The van der Waals surface area contributed by atoms with E-state index in [0.717, 1.165) is 5.56 Å². The van der Waals surface area contributed by atoms with E-state index in [1.54, 1.807) is 30.1 Å². The van der Waals surface area contributed by atoms with Crippen LogP contribution in [0.4, 0.5) is 10.2 Å². The van der Waals surface area contributed by atoms with Gasteiger partial charge in [0.1, 0.15) is 11.9 Å². The van der Waals surface area contributed by atoms with Crippen molar-refractivity contribution in [1.82, 2.24) is 20.1 Å². The van der Waals surface area contributed by atoms with Gasteiger partial charge < -0.3 is 15.8 Å². The molecule has 0 radical (unpaired) electrons. The molecule has 2 atom stereocenters. The Balaban J connectivity index is 1.58. The van der Waals surface area contributed by atoms with Crippen molar-refractivity contribution in [2.24, 2.45) is 0 Å². The van der Waals surface area contributed by atoms with Crippen LogP contribution in [0.5, 0.6) is 5.75 Å². The molecular formula is C20H20Cl2FN5O. The second-order valence-electron chi connectivity index (χ2n) is 6.75. The number of nitrogens with zero attached hydrogens (tertiary/aromatic N) is 3. The SMILES string of the molecule is [2H]C1([2H])CC(n2cc(-c3cnc(N)c(O[C@H](C)c4c(Cl)ccc(F)c4Cl)c3)cn2)CN1. The Morgan fingerprint density at radius 2 is 2.21 bits per heavy atom. The first-order chi connectivity index (χ1) is 14.6. The van der Waals surface area contributed by atoms with Gasteiger partial charge in [0.05, 0.1) is 17.3 Å². The van der Waals surface area contributed by atoms with Crippen molar-refractivity contribution < 1.29 is 11.9 Å². The molecule has 4 rings (SSSR count). The minimum Gasteiger partial charge on any atom is -0.482 e. The highest BCUT2D eigenvalue weighted by molar-refractivity contribution is 6.36. The number of nitrogen functional groups attached to an aromatic ring is 1. The summed E-state index contributed by atoms with van der Waals surface area (Å²) in [4.78, 5) is 4.20. The van der Waals surface area contributed by atoms with E-state index >= 15 is 0 Å². The Morgan fingerprint density at radius 3 is 2.97 bits per heavy atom. The van der Waals surface area contributed by atoms with Crippen molar-refractivity contribution in [2.45, 2.75) is 25.5 Å². The summed E-state index contributed by atoms with van der Waals surface area (Å²) in [5.74, 6) is -0.123. The fraction of sp³-hybridized carbons (Fsp3) is 0.300. The van der Waals surface area contributed by atoms with E-state index in [4.69, 9.17) is 36.4 Å². The Labute approximate surface area is 180 Å². The minimum absolute atomic E-state index is 0.0847. The minimum atomic E-state index is -1.41. The fourth-order valence-corrected chi connectivity index (χ4v) is 3.88. The van der Waals surface area contributed by atoms with Crippen LogP contribution in [-0.2, 0) is 0 Å². The molecule has 3 aromatic rings. The molecule has 3 heterocycles. The van der Waals surface area contributed by atoms with Gasteiger partial charge in [0.15, 0.2) is 11.6 Å². The van der Waals surface area contributed by atoms with Gasteiger partial charge in [-0.05, 0) is 38.0 Å². The smallest absolute Gasteiger partial charge is 0.166 e. The highest BCUT2D eigenvalue weighted by Gasteiger charge is 2.21. The van der Waals surface area contributed by atoms with Crippen LogP contribution in [0.1, 0.15) is 33.8 Å². The lowest BCUT2D eigenvalue weighted by Crippen LogP contribution is -2.13. The van der Waals surface area contributed by atoms with E-state index in [9.17, 15) is 4.39 Å². The lowest BCUT2D eigenvalue weighted by atomic mass is 10.1. The maximum atomic E-state index is 13.9. The molecule has 0 spiro atoms. The monoisotopic (exact) mass is 437 g/mol. The van der Waals surface area contributed by atoms with Crippen molar-refractivity contribution in [1.29, 1.82) is 0 Å². The number of ether oxygens (including phenoxy) is 1. The second-order valence-corrected chi connectivity index (χ2v) is 7.53. The van der Waals surface area contributed by atoms with E-state index in [0.29, 0.717) is 29.8 Å². The fourth-order valence-electron chi connectivity index (χ4n) is 3.20. The second kappa shape index (κ2) is 8.18. The van der Waals surface area contributed by atoms with E-state index in [-0.39, 0.29) is 21.9 Å². The number of halogens is 3. The zero-order valence-electron chi connectivity index (χ0n) is 17.5. The first-order valence-corrected chi connectivity index (χ1v) is 9.75. The summed E-state index contributed by atoms with van der Waals surface area (Å²) in [5.41, 5.74) is 7.80. The third-order valence-electron chi connectivity index (χ3n) is 4.78. The van der Waals surface area contributed by atoms with Gasteiger partial charge in [-0.15, -0.1) is 0 Å². The van der Waals surface area contributed by atoms with Gasteiger partial charge in [0, 0.05) is 43.4 Å². The average Bonchev–Trinajstić information content (AvgIpc) is 3.33. The number of aromatic nitrogens is 3. The number of pyridine rings is 1. The summed E-state index contributed by atoms with van der Waals surface area (Å²) in [6, 6.07) is 4.25. The molecule has 0 saturated carbocycles. The van der Waals surface area contributed by atoms with Crippen molar-refractivity contribution in [3.63, 3.8) is 0 Å². The highest BCUT2D eigenvalue weighted by atomic mass is 35.5. The average molecular weight is 438 g/mol. The van der Waals surface area contributed by atoms with Gasteiger partial charge >= 0.3 is 0 Å². The summed E-state index contributed by atoms with van der Waals surface area (Å²) >= 11 is 12.3. The standard InChI is InChI=1S/C20H20Cl2FN5O/c1-11(18-15(21)2-3-16(23)19(18)22)29-17-6-12(7-26-20(17)24)13-8-27-28(10-13)14-4-5-25-9-14/h2-3,6-8,10-11,14,25H,4-5,9H2,1H3,(H2,24,26)/t11-,14?/m1/s1/i5D2. The number of nitrogens with two attached hydrogens (primary N) is 1. The molecule has 3 N–H and O–H groups in total. The molecule has 2 aromatic heterocycles. The first kappa shape index (κ1) is 17.5. The van der Waals surface area contributed by atoms with Crippen molar-refractivity contribution in [3.8, 4) is 16.9 Å². The predicted octanol–water partition coefficient (Wildman–Crippen LogP) is 4.65. The normalized spacial score (nSPS) is 20.2. The summed E-state index contributed by atoms with van der Waals surface area (Å²) in [5, 5.41) is 7.39. The topological polar surface area (TPSA) is 78.0 Å². The number of benzene rings is 1. The molecule has 9 heteroatoms. The van der Waals surface area contributed by atoms with Crippen molar-refractivity contribution in [2.75, 3.05) is 18.8 Å². The summed E-state index contributed by atoms with van der Waals surface area (Å²) in [6.07, 6.45) is 4.75. The Hall–Kier alpha value is -2.35. The molecule has 29 heavy (non-hydrogen) atoms. The zero-order chi connectivity index (χ0) is 22.3. The number of hydrogen-bond donors (Lipinski definition) is 2. The van der Waals surface area contributed by atoms with Crippen LogP contribution in [0.2, 0.25) is 10.0 Å². The summed E-state index contributed by atoms with van der Waals surface area (Å²) in [7, 11) is 0. The highest BCUT2D eigenvalue weighted by Crippen LogP contribution is 2.37. The van der Waals surface area contributed by atoms with Gasteiger partial charge in [-0.1, -0.05) is 23.2 Å². The van der Waals surface area contributed by atoms with E-state index in [1.165, 1.54) is 12.1 Å². The number of nitrogens with one attached hydrogen (secondary N) is 1. The number of anilines is 1. The van der Waals surface area contributed by atoms with Crippen molar-refractivity contribution >= 4 is 29.0 Å². The summed E-state index contributed by atoms with van der Waals surface area (Å²) in [6.45, 7) is 0.781. The molecule has 1 aliphatic heterocycles. The van der Waals surface area contributed by atoms with Gasteiger partial charge in [0.25, 0.3) is 0 Å². The van der Waals surface area contributed by atoms with Crippen LogP contribution in [0.15, 0.2) is 36.8 Å². The van der Waals surface area contributed by atoms with Gasteiger partial charge in [-0.2, -0.15) is 5.10 Å². The molecule has 1 fully saturated rings. The lowest BCUT2D eigenvalue weighted by Gasteiger charge is -2.19. The van der Waals surface area contributed by atoms with Crippen LogP contribution in [-0.4, -0.2) is 27.8 Å².